The van der Waals surface area contributed by atoms with Crippen LogP contribution in [0.4, 0.5) is 0 Å². The number of hydrogen-bond acceptors (Lipinski definition) is 30. The summed E-state index contributed by atoms with van der Waals surface area (Å²) in [6.07, 6.45) is -11.8. The average molecular weight is 1880 g/mol. The summed E-state index contributed by atoms with van der Waals surface area (Å²) in [5.41, 5.74) is -2.27. The van der Waals surface area contributed by atoms with Gasteiger partial charge in [0.1, 0.15) is 125 Å². The van der Waals surface area contributed by atoms with Crippen molar-refractivity contribution in [2.45, 2.75) is 187 Å². The highest BCUT2D eigenvalue weighted by Crippen LogP contribution is 2.51. The van der Waals surface area contributed by atoms with Crippen LogP contribution in [-0.2, 0) is 54.3 Å². The van der Waals surface area contributed by atoms with Gasteiger partial charge in [-0.15, -0.1) is 0 Å². The van der Waals surface area contributed by atoms with Gasteiger partial charge in [0.2, 0.25) is 59.7 Å². The Hall–Kier alpha value is -11.4. The Kier molecular flexibility index (Phi) is 31.4. The monoisotopic (exact) mass is 1880 g/mol. The number of nitrogens with one attached hydrogen (secondary N) is 10. The van der Waals surface area contributed by atoms with E-state index in [1.54, 1.807) is 14.1 Å². The zero-order valence-electron chi connectivity index (χ0n) is 73.7. The number of unbranched alkanes of at least 4 members (excludes halogenated alkanes) is 1. The number of rotatable bonds is 23. The number of phenolic OH excluding ortho intramolecular Hbond substituents is 4. The summed E-state index contributed by atoms with van der Waals surface area (Å²) in [5.74, 6) is -14.9. The number of aliphatic hydroxyl groups excluding tert-OH is 7. The summed E-state index contributed by atoms with van der Waals surface area (Å²) in [6, 6.07) is 7.57. The maximum atomic E-state index is 17.0. The summed E-state index contributed by atoms with van der Waals surface area (Å²) in [7, 11) is 8.72. The van der Waals surface area contributed by atoms with Crippen molar-refractivity contribution in [1.82, 2.24) is 63.0 Å². The Balaban J connectivity index is 1.01. The molecule has 0 aromatic heterocycles. The second-order valence-corrected chi connectivity index (χ2v) is 35.7. The molecule has 7 aromatic rings. The van der Waals surface area contributed by atoms with Gasteiger partial charge in [-0.3, -0.25) is 38.4 Å². The molecule has 7 aromatic carbocycles. The van der Waals surface area contributed by atoms with Gasteiger partial charge in [0, 0.05) is 48.3 Å². The van der Waals surface area contributed by atoms with Crippen LogP contribution < -0.4 is 76.9 Å². The van der Waals surface area contributed by atoms with Crippen molar-refractivity contribution < 1.29 is 128 Å². The highest BCUT2D eigenvalue weighted by molar-refractivity contribution is 6.33. The molecule has 9 aliphatic rings. The minimum atomic E-state index is -2.39. The predicted octanol–water partition coefficient (Wildman–Crippen LogP) is 4.23. The summed E-state index contributed by atoms with van der Waals surface area (Å²) >= 11 is 14.5. The van der Waals surface area contributed by atoms with E-state index in [1.807, 2.05) is 23.9 Å². The highest BCUT2D eigenvalue weighted by Gasteiger charge is 2.51. The molecule has 8 heterocycles. The molecule has 714 valence electrons. The van der Waals surface area contributed by atoms with Gasteiger partial charge in [0.05, 0.1) is 22.7 Å². The van der Waals surface area contributed by atoms with E-state index in [4.69, 9.17) is 56.4 Å². The van der Waals surface area contributed by atoms with Crippen LogP contribution in [0.1, 0.15) is 146 Å². The van der Waals surface area contributed by atoms with E-state index in [9.17, 15) is 65.8 Å². The van der Waals surface area contributed by atoms with Crippen LogP contribution in [0.5, 0.6) is 69.0 Å². The molecule has 1 aliphatic carbocycles. The number of aliphatic hydroxyl groups is 7. The molecule has 5 unspecified atom stereocenters. The maximum absolute atomic E-state index is 17.0. The van der Waals surface area contributed by atoms with Gasteiger partial charge in [0.15, 0.2) is 29.1 Å². The Labute approximate surface area is 775 Å². The number of phenols is 4. The normalized spacial score (nSPS) is 26.4. The quantitative estimate of drug-likeness (QED) is 0.0398. The lowest BCUT2D eigenvalue weighted by Crippen LogP contribution is -2.67. The van der Waals surface area contributed by atoms with Crippen molar-refractivity contribution in [3.05, 3.63) is 164 Å². The number of nitrogens with zero attached hydrogens (tertiary/aromatic N) is 2. The van der Waals surface area contributed by atoms with Crippen molar-refractivity contribution >= 4 is 70.5 Å². The fourth-order valence-electron chi connectivity index (χ4n) is 17.8. The third-order valence-electron chi connectivity index (χ3n) is 24.9. The first-order chi connectivity index (χ1) is 63.7. The molecule has 38 nitrogen and oxygen atoms in total. The molecule has 21 N–H and O–H groups in total. The van der Waals surface area contributed by atoms with E-state index < -0.39 is 242 Å². The van der Waals surface area contributed by atoms with Crippen LogP contribution in [0.3, 0.4) is 0 Å². The van der Waals surface area contributed by atoms with Crippen molar-refractivity contribution in [2.24, 2.45) is 11.8 Å². The number of carbonyl (C=O) groups excluding carboxylic acids is 8. The lowest BCUT2D eigenvalue weighted by molar-refractivity contribution is -0.277. The lowest BCUT2D eigenvalue weighted by Gasteiger charge is -2.43. The number of halogens is 2. The second kappa shape index (κ2) is 42.8. The van der Waals surface area contributed by atoms with E-state index in [0.29, 0.717) is 31.5 Å². The van der Waals surface area contributed by atoms with Gasteiger partial charge >= 0.3 is 0 Å². The zero-order chi connectivity index (χ0) is 95.1. The largest absolute Gasteiger partial charge is 0.508 e. The van der Waals surface area contributed by atoms with Gasteiger partial charge in [-0.2, -0.15) is 0 Å². The molecule has 8 aliphatic heterocycles. The Morgan fingerprint density at radius 1 is 0.549 bits per heavy atom. The Morgan fingerprint density at radius 2 is 1.19 bits per heavy atom. The lowest BCUT2D eigenvalue weighted by atomic mass is 9.77. The summed E-state index contributed by atoms with van der Waals surface area (Å²) in [5, 5.41) is 157. The third-order valence-corrected chi connectivity index (χ3v) is 25.6. The molecule has 16 rings (SSSR count). The van der Waals surface area contributed by atoms with E-state index in [1.165, 1.54) is 67.7 Å². The van der Waals surface area contributed by atoms with Crippen LogP contribution in [-0.4, -0.2) is 261 Å². The first-order valence-corrected chi connectivity index (χ1v) is 45.0. The fourth-order valence-corrected chi connectivity index (χ4v) is 18.2. The van der Waals surface area contributed by atoms with E-state index in [2.05, 4.69) is 60.1 Å². The molecule has 19 atom stereocenters. The number of hydrogen-bond donors (Lipinski definition) is 21. The number of ether oxygens (including phenoxy) is 7. The topological polar surface area (TPSA) is 550 Å². The van der Waals surface area contributed by atoms with Crippen LogP contribution in [0.15, 0.2) is 115 Å². The van der Waals surface area contributed by atoms with Crippen LogP contribution in [0.25, 0.3) is 11.1 Å². The highest BCUT2D eigenvalue weighted by atomic mass is 35.5. The van der Waals surface area contributed by atoms with Crippen LogP contribution in [0.2, 0.25) is 10.0 Å². The number of fused-ring (bicyclic) bond motifs is 14. The van der Waals surface area contributed by atoms with E-state index in [0.717, 1.165) is 106 Å². The maximum Gasteiger partial charge on any atom is 0.252 e. The van der Waals surface area contributed by atoms with E-state index >= 15 is 28.8 Å². The smallest absolute Gasteiger partial charge is 0.252 e. The Bertz CT molecular complexity index is 5440. The van der Waals surface area contributed by atoms with Gasteiger partial charge in [-0.1, -0.05) is 105 Å². The first-order valence-electron chi connectivity index (χ1n) is 44.2. The van der Waals surface area contributed by atoms with Crippen molar-refractivity contribution in [3.8, 4) is 80.1 Å². The van der Waals surface area contributed by atoms with Gasteiger partial charge in [-0.25, -0.2) is 0 Å². The number of carbonyl (C=O) groups is 8. The SMILES string of the molecule is CCCCC(CNC1[C@H](Oc2c3cc4cc2Oc2ccc(cc2Cl)[C@@H](O)C2NC(=O)[C@H](NC(=O)[C@@H]4NC(=O)[C@H]4NC(=O)[C@@H](Cc5ccc(cc5)O3)NC(=O)[C@H](NC)c3ccc(O)c(c3)Oc3cc(O)c(Cl)c4c3)c3ccc(O)c(c3)-c3c(O[C@H]4O[C@H](CO)[C@@H](O)[C@H](O)[C@@H]4O)cc(O)cc3[C@@H](C(=O)NCCCN(C)C)NC2=O)OC(C(=O)NCCCN(C)C)C(O)[C@@H]1O)C1CCCCC1. The second-order valence-electron chi connectivity index (χ2n) is 34.9. The molecule has 1 saturated carbocycles. The van der Waals surface area contributed by atoms with Crippen LogP contribution >= 0.6 is 23.2 Å². The van der Waals surface area contributed by atoms with Gasteiger partial charge in [0.25, 0.3) is 5.91 Å². The van der Waals surface area contributed by atoms with Gasteiger partial charge < -0.3 is 152 Å². The molecule has 0 spiro atoms. The summed E-state index contributed by atoms with van der Waals surface area (Å²) in [4.78, 5) is 130. The zero-order valence-corrected chi connectivity index (χ0v) is 75.2. The first kappa shape index (κ1) is 97.6. The van der Waals surface area contributed by atoms with Crippen LogP contribution in [0, 0.1) is 11.8 Å². The number of amides is 8. The molecule has 2 saturated heterocycles. The molecule has 0 radical (unpaired) electrons. The third kappa shape index (κ3) is 22.2. The molecule has 133 heavy (non-hydrogen) atoms. The molecule has 17 bridgehead atoms. The number of likely N-dealkylation sites (N-methyl/N-ethyl adjacent to an activating group) is 1. The minimum absolute atomic E-state index is 0.0180. The minimum Gasteiger partial charge on any atom is -0.508 e. The fraction of sp³-hybridized carbons (Fsp3) is 0.462. The van der Waals surface area contributed by atoms with Crippen molar-refractivity contribution in [1.29, 1.82) is 0 Å². The Morgan fingerprint density at radius 3 is 1.87 bits per heavy atom. The molecule has 8 amide bonds. The van der Waals surface area contributed by atoms with Crippen molar-refractivity contribution in [3.63, 3.8) is 0 Å². The van der Waals surface area contributed by atoms with Crippen molar-refractivity contribution in [2.75, 3.05) is 74.6 Å². The predicted molar refractivity (Wildman–Crippen MR) is 478 cm³/mol. The standard InChI is InChI=1S/C93H112Cl2N12O26/c1-7-8-14-48(44-15-10-9-11-16-44)41-99-75-78(115)80(117)83(91(126)98-28-13-30-107(5)6)133-92(75)132-82-64-35-49-36-65(82)129-61-26-21-47(33-56(61)94)76(113)74-90(125)104-72(85(120)97-27-12-29-106(3)4)54-37-50(109)38-63(130-93-81(118)79(116)77(114)66(42-108)131-93)67(54)53-32-45(19-24-58(53)110)70(87(122)105-74)101-88(123)71(49)102-89(124)73-55-39-52(40-60(112)68(55)95)128-62-34-46(20-25-59(62)111)69(96-2)86(121)100-57(84(119)103-73)31-43-17-22-51(127-64)23-18-43/h17-26,32-40,44,48,57,66,69-81,83,92-93,96,99,108-118H,7-16,27-31,41-42H2,1-6H3,(H,97,120)(H,98,126)(H,100,121)(H,101,123)(H,102,124)(H,103,119)(H,104,125)(H,105,122)/t48?,57-,66-,69-,70-,71-,72+,73+,74?,75?,76-,77-,78-,79+,80?,81+,83?,92-,93+/m1/s1. The average Bonchev–Trinajstić information content (AvgIpc) is 0.735. The molecule has 40 heteroatoms. The summed E-state index contributed by atoms with van der Waals surface area (Å²) in [6.45, 7) is 2.36. The molecular weight excluding hydrogens is 1770 g/mol. The van der Waals surface area contributed by atoms with Gasteiger partial charge in [-0.05, 0) is 192 Å². The number of benzene rings is 7. The number of aromatic hydroxyl groups is 4. The molecular formula is C93H112Cl2N12O26. The van der Waals surface area contributed by atoms with E-state index in [-0.39, 0.29) is 82.6 Å². The molecule has 3 fully saturated rings. The summed E-state index contributed by atoms with van der Waals surface area (Å²) < 4.78 is 46.2.